The SMILES string of the molecule is CCOc1ccccc1-c1noc(COC(=O)CCc2c[nH]c3ccccc23)n1. The van der Waals surface area contributed by atoms with Crippen LogP contribution in [-0.4, -0.2) is 27.7 Å². The van der Waals surface area contributed by atoms with Crippen LogP contribution in [0.25, 0.3) is 22.3 Å². The average Bonchev–Trinajstić information content (AvgIpc) is 3.38. The summed E-state index contributed by atoms with van der Waals surface area (Å²) in [6.07, 6.45) is 2.80. The smallest absolute Gasteiger partial charge is 0.306 e. The molecule has 4 rings (SSSR count). The van der Waals surface area contributed by atoms with Crippen LogP contribution in [0.3, 0.4) is 0 Å². The topological polar surface area (TPSA) is 90.2 Å². The number of H-pyrrole nitrogens is 1. The molecule has 0 saturated carbocycles. The van der Waals surface area contributed by atoms with E-state index in [2.05, 4.69) is 15.1 Å². The molecule has 2 heterocycles. The molecule has 7 heteroatoms. The fourth-order valence-corrected chi connectivity index (χ4v) is 3.15. The first-order valence-electron chi connectivity index (χ1n) is 9.50. The summed E-state index contributed by atoms with van der Waals surface area (Å²) in [7, 11) is 0. The van der Waals surface area contributed by atoms with Crippen LogP contribution >= 0.6 is 0 Å². The molecule has 0 radical (unpaired) electrons. The Morgan fingerprint density at radius 3 is 2.86 bits per heavy atom. The van der Waals surface area contributed by atoms with Crippen LogP contribution in [0, 0.1) is 0 Å². The molecular weight excluding hydrogens is 370 g/mol. The van der Waals surface area contributed by atoms with E-state index in [1.807, 2.05) is 61.7 Å². The first-order chi connectivity index (χ1) is 14.2. The monoisotopic (exact) mass is 391 g/mol. The molecule has 0 atom stereocenters. The number of ether oxygens (including phenoxy) is 2. The Hall–Kier alpha value is -3.61. The lowest BCUT2D eigenvalue weighted by Crippen LogP contribution is -2.06. The summed E-state index contributed by atoms with van der Waals surface area (Å²) in [4.78, 5) is 19.6. The van der Waals surface area contributed by atoms with Crippen molar-refractivity contribution in [2.45, 2.75) is 26.4 Å². The van der Waals surface area contributed by atoms with Gasteiger partial charge in [-0.3, -0.25) is 4.79 Å². The minimum absolute atomic E-state index is 0.0590. The van der Waals surface area contributed by atoms with Crippen molar-refractivity contribution in [3.05, 3.63) is 66.2 Å². The van der Waals surface area contributed by atoms with Gasteiger partial charge < -0.3 is 19.0 Å². The van der Waals surface area contributed by atoms with Crippen molar-refractivity contribution in [3.63, 3.8) is 0 Å². The third-order valence-electron chi connectivity index (χ3n) is 4.53. The third-order valence-corrected chi connectivity index (χ3v) is 4.53. The Kier molecular flexibility index (Phi) is 5.56. The highest BCUT2D eigenvalue weighted by Gasteiger charge is 2.15. The number of aromatic amines is 1. The van der Waals surface area contributed by atoms with E-state index in [1.54, 1.807) is 0 Å². The van der Waals surface area contributed by atoms with Crippen LogP contribution in [0.2, 0.25) is 0 Å². The number of rotatable bonds is 8. The number of carbonyl (C=O) groups excluding carboxylic acids is 1. The maximum Gasteiger partial charge on any atom is 0.306 e. The van der Waals surface area contributed by atoms with Crippen molar-refractivity contribution in [1.29, 1.82) is 0 Å². The first kappa shape index (κ1) is 18.7. The molecule has 1 N–H and O–H groups in total. The van der Waals surface area contributed by atoms with Crippen molar-refractivity contribution < 1.29 is 18.8 Å². The second-order valence-electron chi connectivity index (χ2n) is 6.46. The van der Waals surface area contributed by atoms with Crippen molar-refractivity contribution in [2.24, 2.45) is 0 Å². The fourth-order valence-electron chi connectivity index (χ4n) is 3.15. The predicted molar refractivity (Wildman–Crippen MR) is 107 cm³/mol. The van der Waals surface area contributed by atoms with E-state index in [0.717, 1.165) is 22.0 Å². The summed E-state index contributed by atoms with van der Waals surface area (Å²) in [6.45, 7) is 2.39. The Balaban J connectivity index is 1.33. The minimum Gasteiger partial charge on any atom is -0.493 e. The van der Waals surface area contributed by atoms with Crippen molar-refractivity contribution in [2.75, 3.05) is 6.61 Å². The van der Waals surface area contributed by atoms with Crippen LogP contribution in [0.4, 0.5) is 0 Å². The second-order valence-corrected chi connectivity index (χ2v) is 6.46. The van der Waals surface area contributed by atoms with E-state index < -0.39 is 0 Å². The molecule has 2 aromatic heterocycles. The molecule has 148 valence electrons. The maximum absolute atomic E-state index is 12.1. The molecule has 0 aliphatic carbocycles. The Morgan fingerprint density at radius 2 is 1.97 bits per heavy atom. The van der Waals surface area contributed by atoms with Gasteiger partial charge in [-0.25, -0.2) is 0 Å². The van der Waals surface area contributed by atoms with Crippen molar-refractivity contribution >= 4 is 16.9 Å². The lowest BCUT2D eigenvalue weighted by Gasteiger charge is -2.06. The number of benzene rings is 2. The predicted octanol–water partition coefficient (Wildman–Crippen LogP) is 4.29. The van der Waals surface area contributed by atoms with Crippen molar-refractivity contribution in [3.8, 4) is 17.1 Å². The fraction of sp³-hybridized carbons (Fsp3) is 0.227. The molecule has 0 amide bonds. The summed E-state index contributed by atoms with van der Waals surface area (Å²) in [5, 5.41) is 5.09. The summed E-state index contributed by atoms with van der Waals surface area (Å²) in [5.41, 5.74) is 2.88. The van der Waals surface area contributed by atoms with Crippen LogP contribution in [0.1, 0.15) is 24.8 Å². The molecule has 29 heavy (non-hydrogen) atoms. The molecule has 0 saturated heterocycles. The number of fused-ring (bicyclic) bond motifs is 1. The van der Waals surface area contributed by atoms with Crippen LogP contribution < -0.4 is 4.74 Å². The van der Waals surface area contributed by atoms with Gasteiger partial charge in [0.15, 0.2) is 6.61 Å². The number of para-hydroxylation sites is 2. The zero-order chi connectivity index (χ0) is 20.1. The summed E-state index contributed by atoms with van der Waals surface area (Å²) >= 11 is 0. The highest BCUT2D eigenvalue weighted by atomic mass is 16.6. The number of hydrogen-bond donors (Lipinski definition) is 1. The van der Waals surface area contributed by atoms with Gasteiger partial charge in [-0.05, 0) is 37.1 Å². The summed E-state index contributed by atoms with van der Waals surface area (Å²) < 4.78 is 16.1. The molecule has 0 unspecified atom stereocenters. The lowest BCUT2D eigenvalue weighted by atomic mass is 10.1. The molecular formula is C22H21N3O4. The highest BCUT2D eigenvalue weighted by Crippen LogP contribution is 2.27. The molecule has 0 bridgehead atoms. The summed E-state index contributed by atoms with van der Waals surface area (Å²) in [5.74, 6) is 1.01. The number of aryl methyl sites for hydroxylation is 1. The van der Waals surface area contributed by atoms with Crippen LogP contribution in [-0.2, 0) is 22.6 Å². The van der Waals surface area contributed by atoms with Gasteiger partial charge >= 0.3 is 5.97 Å². The van der Waals surface area contributed by atoms with E-state index >= 15 is 0 Å². The lowest BCUT2D eigenvalue weighted by molar-refractivity contribution is -0.145. The number of carbonyl (C=O) groups is 1. The maximum atomic E-state index is 12.1. The molecule has 7 nitrogen and oxygen atoms in total. The van der Waals surface area contributed by atoms with E-state index in [-0.39, 0.29) is 24.9 Å². The standard InChI is InChI=1S/C22H21N3O4/c1-2-27-19-10-6-4-8-17(19)22-24-20(29-25-22)14-28-21(26)12-11-15-13-23-18-9-5-3-7-16(15)18/h3-10,13,23H,2,11-12,14H2,1H3. The first-order valence-corrected chi connectivity index (χ1v) is 9.50. The average molecular weight is 391 g/mol. The van der Waals surface area contributed by atoms with Gasteiger partial charge in [-0.1, -0.05) is 35.5 Å². The van der Waals surface area contributed by atoms with E-state index in [1.165, 1.54) is 0 Å². The zero-order valence-electron chi connectivity index (χ0n) is 16.1. The van der Waals surface area contributed by atoms with Crippen LogP contribution in [0.5, 0.6) is 5.75 Å². The number of aromatic nitrogens is 3. The van der Waals surface area contributed by atoms with Gasteiger partial charge in [0.2, 0.25) is 5.82 Å². The number of esters is 1. The Morgan fingerprint density at radius 1 is 1.14 bits per heavy atom. The second kappa shape index (κ2) is 8.60. The van der Waals surface area contributed by atoms with Gasteiger partial charge in [0.05, 0.1) is 12.2 Å². The highest BCUT2D eigenvalue weighted by molar-refractivity contribution is 5.83. The normalized spacial score (nSPS) is 10.9. The molecule has 2 aromatic carbocycles. The van der Waals surface area contributed by atoms with Gasteiger partial charge in [0.1, 0.15) is 5.75 Å². The van der Waals surface area contributed by atoms with Gasteiger partial charge in [0.25, 0.3) is 5.89 Å². The molecule has 0 aliphatic rings. The number of nitrogens with one attached hydrogen (secondary N) is 1. The minimum atomic E-state index is -0.315. The Bertz CT molecular complexity index is 1120. The van der Waals surface area contributed by atoms with Crippen molar-refractivity contribution in [1.82, 2.24) is 15.1 Å². The van der Waals surface area contributed by atoms with Crippen LogP contribution in [0.15, 0.2) is 59.3 Å². The van der Waals surface area contributed by atoms with Gasteiger partial charge in [-0.2, -0.15) is 4.98 Å². The Labute approximate surface area is 167 Å². The zero-order valence-corrected chi connectivity index (χ0v) is 16.1. The quantitative estimate of drug-likeness (QED) is 0.451. The van der Waals surface area contributed by atoms with E-state index in [9.17, 15) is 4.79 Å². The molecule has 0 fully saturated rings. The van der Waals surface area contributed by atoms with Gasteiger partial charge in [0, 0.05) is 23.5 Å². The molecule has 0 spiro atoms. The van der Waals surface area contributed by atoms with E-state index in [4.69, 9.17) is 14.0 Å². The van der Waals surface area contributed by atoms with E-state index in [0.29, 0.717) is 24.6 Å². The third kappa shape index (κ3) is 4.29. The molecule has 0 aliphatic heterocycles. The number of nitrogens with zero attached hydrogens (tertiary/aromatic N) is 2. The summed E-state index contributed by atoms with van der Waals surface area (Å²) in [6, 6.07) is 15.5. The molecule has 4 aromatic rings. The largest absolute Gasteiger partial charge is 0.493 e. The van der Waals surface area contributed by atoms with Gasteiger partial charge in [-0.15, -0.1) is 0 Å². The number of hydrogen-bond acceptors (Lipinski definition) is 6.